The molecule has 0 saturated heterocycles. The van der Waals surface area contributed by atoms with Crippen LogP contribution in [0.15, 0.2) is 16.7 Å². The van der Waals surface area contributed by atoms with Gasteiger partial charge in [0.25, 0.3) is 5.91 Å². The zero-order valence-corrected chi connectivity index (χ0v) is 11.7. The number of aromatic nitrogens is 1. The van der Waals surface area contributed by atoms with E-state index in [0.29, 0.717) is 17.4 Å². The number of hydrogen-bond donors (Lipinski definition) is 1. The quantitative estimate of drug-likeness (QED) is 0.867. The molecule has 1 aromatic rings. The Morgan fingerprint density at radius 1 is 1.39 bits per heavy atom. The summed E-state index contributed by atoms with van der Waals surface area (Å²) in [6.07, 6.45) is 6.49. The van der Waals surface area contributed by atoms with Gasteiger partial charge in [0.2, 0.25) is 0 Å². The molecular weight excluding hydrogens is 294 g/mol. The maximum absolute atomic E-state index is 12.6. The summed E-state index contributed by atoms with van der Waals surface area (Å²) in [4.78, 5) is 18.9. The van der Waals surface area contributed by atoms with Crippen LogP contribution in [0, 0.1) is 0 Å². The fourth-order valence-electron chi connectivity index (χ4n) is 2.86. The summed E-state index contributed by atoms with van der Waals surface area (Å²) in [6, 6.07) is 2.29. The summed E-state index contributed by atoms with van der Waals surface area (Å²) in [5.41, 5.74) is 0.689. The minimum absolute atomic E-state index is 0.121. The first-order valence-electron chi connectivity index (χ1n) is 6.46. The molecule has 1 fully saturated rings. The zero-order chi connectivity index (χ0) is 12.5. The second kappa shape index (κ2) is 4.88. The van der Waals surface area contributed by atoms with Crippen molar-refractivity contribution >= 4 is 27.7 Å². The number of halogens is 1. The molecule has 2 aliphatic rings. The normalized spacial score (nSPS) is 20.5. The van der Waals surface area contributed by atoms with Gasteiger partial charge < -0.3 is 10.2 Å². The topological polar surface area (TPSA) is 45.2 Å². The highest BCUT2D eigenvalue weighted by Gasteiger charge is 2.30. The Kier molecular flexibility index (Phi) is 3.24. The SMILES string of the molecule is O=C1c2cc(Br)cnc2NCCN1C1CCCC1. The van der Waals surface area contributed by atoms with Crippen LogP contribution in [0.1, 0.15) is 36.0 Å². The maximum atomic E-state index is 12.6. The number of rotatable bonds is 1. The molecule has 96 valence electrons. The standard InChI is InChI=1S/C13H16BrN3O/c14-9-7-11-12(16-8-9)15-5-6-17(13(11)18)10-3-1-2-4-10/h7-8,10H,1-6H2,(H,15,16). The van der Waals surface area contributed by atoms with Gasteiger partial charge in [-0.3, -0.25) is 4.79 Å². The molecule has 0 aromatic carbocycles. The van der Waals surface area contributed by atoms with E-state index in [1.165, 1.54) is 12.8 Å². The molecular formula is C13H16BrN3O. The van der Waals surface area contributed by atoms with Gasteiger partial charge in [-0.1, -0.05) is 12.8 Å². The van der Waals surface area contributed by atoms with Crippen LogP contribution in [0.2, 0.25) is 0 Å². The molecule has 1 aliphatic heterocycles. The van der Waals surface area contributed by atoms with Crippen molar-refractivity contribution in [3.63, 3.8) is 0 Å². The number of hydrogen-bond acceptors (Lipinski definition) is 3. The molecule has 3 rings (SSSR count). The van der Waals surface area contributed by atoms with Crippen LogP contribution in [-0.4, -0.2) is 34.9 Å². The van der Waals surface area contributed by atoms with Gasteiger partial charge in [0.15, 0.2) is 0 Å². The van der Waals surface area contributed by atoms with Gasteiger partial charge in [0.05, 0.1) is 5.56 Å². The van der Waals surface area contributed by atoms with Gasteiger partial charge in [0, 0.05) is 29.8 Å². The van der Waals surface area contributed by atoms with E-state index < -0.39 is 0 Å². The summed E-state index contributed by atoms with van der Waals surface area (Å²) in [5.74, 6) is 0.833. The van der Waals surface area contributed by atoms with Crippen LogP contribution in [0.5, 0.6) is 0 Å². The van der Waals surface area contributed by atoms with Crippen LogP contribution in [0.25, 0.3) is 0 Å². The van der Waals surface area contributed by atoms with Crippen molar-refractivity contribution in [1.82, 2.24) is 9.88 Å². The predicted molar refractivity (Wildman–Crippen MR) is 73.7 cm³/mol. The molecule has 0 unspecified atom stereocenters. The van der Waals surface area contributed by atoms with E-state index in [4.69, 9.17) is 0 Å². The molecule has 0 radical (unpaired) electrons. The van der Waals surface area contributed by atoms with Crippen LogP contribution >= 0.6 is 15.9 Å². The third-order valence-corrected chi connectivity index (χ3v) is 4.19. The second-order valence-corrected chi connectivity index (χ2v) is 5.83. The third kappa shape index (κ3) is 2.11. The minimum atomic E-state index is 0.121. The highest BCUT2D eigenvalue weighted by atomic mass is 79.9. The number of fused-ring (bicyclic) bond motifs is 1. The molecule has 4 nitrogen and oxygen atoms in total. The van der Waals surface area contributed by atoms with Crippen molar-refractivity contribution in [2.75, 3.05) is 18.4 Å². The lowest BCUT2D eigenvalue weighted by Crippen LogP contribution is -2.39. The van der Waals surface area contributed by atoms with E-state index in [9.17, 15) is 4.79 Å². The molecule has 1 saturated carbocycles. The lowest BCUT2D eigenvalue weighted by molar-refractivity contribution is 0.0696. The van der Waals surface area contributed by atoms with E-state index in [0.717, 1.165) is 30.4 Å². The number of nitrogens with one attached hydrogen (secondary N) is 1. The van der Waals surface area contributed by atoms with Crippen molar-refractivity contribution in [3.8, 4) is 0 Å². The molecule has 5 heteroatoms. The second-order valence-electron chi connectivity index (χ2n) is 4.91. The third-order valence-electron chi connectivity index (χ3n) is 3.76. The van der Waals surface area contributed by atoms with Crippen molar-refractivity contribution in [1.29, 1.82) is 0 Å². The molecule has 0 atom stereocenters. The Morgan fingerprint density at radius 3 is 2.94 bits per heavy atom. The highest BCUT2D eigenvalue weighted by Crippen LogP contribution is 2.28. The minimum Gasteiger partial charge on any atom is -0.368 e. The average molecular weight is 310 g/mol. The fraction of sp³-hybridized carbons (Fsp3) is 0.538. The van der Waals surface area contributed by atoms with E-state index in [2.05, 4.69) is 26.2 Å². The van der Waals surface area contributed by atoms with Gasteiger partial charge >= 0.3 is 0 Å². The van der Waals surface area contributed by atoms with Crippen molar-refractivity contribution in [3.05, 3.63) is 22.3 Å². The van der Waals surface area contributed by atoms with Gasteiger partial charge in [-0.15, -0.1) is 0 Å². The molecule has 18 heavy (non-hydrogen) atoms. The van der Waals surface area contributed by atoms with Crippen LogP contribution in [-0.2, 0) is 0 Å². The maximum Gasteiger partial charge on any atom is 0.257 e. The van der Waals surface area contributed by atoms with E-state index in [1.54, 1.807) is 6.20 Å². The Morgan fingerprint density at radius 2 is 2.17 bits per heavy atom. The smallest absolute Gasteiger partial charge is 0.257 e. The highest BCUT2D eigenvalue weighted by molar-refractivity contribution is 9.10. The molecule has 1 N–H and O–H groups in total. The predicted octanol–water partition coefficient (Wildman–Crippen LogP) is 2.65. The van der Waals surface area contributed by atoms with Crippen LogP contribution < -0.4 is 5.32 Å². The fourth-order valence-corrected chi connectivity index (χ4v) is 3.19. The number of pyridine rings is 1. The Bertz CT molecular complexity index is 471. The van der Waals surface area contributed by atoms with E-state index >= 15 is 0 Å². The Balaban J connectivity index is 1.94. The van der Waals surface area contributed by atoms with Gasteiger partial charge in [-0.05, 0) is 34.8 Å². The average Bonchev–Trinajstić information content (AvgIpc) is 2.84. The number of carbonyl (C=O) groups is 1. The summed E-state index contributed by atoms with van der Waals surface area (Å²) in [7, 11) is 0. The summed E-state index contributed by atoms with van der Waals surface area (Å²) in [5, 5.41) is 3.24. The van der Waals surface area contributed by atoms with E-state index in [-0.39, 0.29) is 5.91 Å². The number of amides is 1. The molecule has 1 aromatic heterocycles. The Labute approximate surface area is 115 Å². The lowest BCUT2D eigenvalue weighted by Gasteiger charge is -2.27. The van der Waals surface area contributed by atoms with Gasteiger partial charge in [-0.2, -0.15) is 0 Å². The summed E-state index contributed by atoms with van der Waals surface area (Å²) < 4.78 is 0.852. The molecule has 1 amide bonds. The first-order chi connectivity index (χ1) is 8.75. The van der Waals surface area contributed by atoms with Crippen molar-refractivity contribution < 1.29 is 4.79 Å². The first kappa shape index (κ1) is 12.0. The molecule has 0 bridgehead atoms. The number of carbonyl (C=O) groups excluding carboxylic acids is 1. The summed E-state index contributed by atoms with van der Waals surface area (Å²) in [6.45, 7) is 1.56. The van der Waals surface area contributed by atoms with E-state index in [1.807, 2.05) is 11.0 Å². The molecule has 2 heterocycles. The summed E-state index contributed by atoms with van der Waals surface area (Å²) >= 11 is 3.39. The van der Waals surface area contributed by atoms with Gasteiger partial charge in [-0.25, -0.2) is 4.98 Å². The number of anilines is 1. The van der Waals surface area contributed by atoms with Crippen LogP contribution in [0.3, 0.4) is 0 Å². The Hall–Kier alpha value is -1.10. The first-order valence-corrected chi connectivity index (χ1v) is 7.25. The van der Waals surface area contributed by atoms with Crippen molar-refractivity contribution in [2.24, 2.45) is 0 Å². The number of nitrogens with zero attached hydrogens (tertiary/aromatic N) is 2. The molecule has 0 spiro atoms. The van der Waals surface area contributed by atoms with Crippen molar-refractivity contribution in [2.45, 2.75) is 31.7 Å². The largest absolute Gasteiger partial charge is 0.368 e. The van der Waals surface area contributed by atoms with Crippen LogP contribution in [0.4, 0.5) is 5.82 Å². The molecule has 1 aliphatic carbocycles. The lowest BCUT2D eigenvalue weighted by atomic mass is 10.1. The van der Waals surface area contributed by atoms with Gasteiger partial charge in [0.1, 0.15) is 5.82 Å². The zero-order valence-electron chi connectivity index (χ0n) is 10.2. The monoisotopic (exact) mass is 309 g/mol.